The van der Waals surface area contributed by atoms with Crippen LogP contribution in [0, 0.1) is 0 Å². The topological polar surface area (TPSA) is 59.1 Å². The molecule has 0 saturated heterocycles. The van der Waals surface area contributed by atoms with Crippen molar-refractivity contribution in [1.82, 2.24) is 9.96 Å². The van der Waals surface area contributed by atoms with Gasteiger partial charge < -0.3 is 9.64 Å². The lowest BCUT2D eigenvalue weighted by molar-refractivity contribution is -0.177. The highest BCUT2D eigenvalue weighted by atomic mass is 16.7. The molecule has 0 aliphatic rings. The molecule has 130 valence electrons. The minimum Gasteiger partial charge on any atom is -0.469 e. The van der Waals surface area contributed by atoms with Crippen molar-refractivity contribution in [3.05, 3.63) is 0 Å². The van der Waals surface area contributed by atoms with Crippen LogP contribution >= 0.6 is 0 Å². The number of amides is 1. The van der Waals surface area contributed by atoms with Gasteiger partial charge in [-0.15, -0.1) is 0 Å². The van der Waals surface area contributed by atoms with Gasteiger partial charge in [-0.3, -0.25) is 14.4 Å². The van der Waals surface area contributed by atoms with Gasteiger partial charge in [0.05, 0.1) is 27.2 Å². The molecule has 0 bridgehead atoms. The van der Waals surface area contributed by atoms with E-state index in [9.17, 15) is 9.59 Å². The highest BCUT2D eigenvalue weighted by molar-refractivity contribution is 5.76. The fraction of sp³-hybridized carbons (Fsp3) is 0.875. The molecule has 0 aromatic heterocycles. The maximum atomic E-state index is 11.9. The summed E-state index contributed by atoms with van der Waals surface area (Å²) in [5.74, 6) is -0.411. The summed E-state index contributed by atoms with van der Waals surface area (Å²) in [7, 11) is 6.96. The van der Waals surface area contributed by atoms with E-state index < -0.39 is 0 Å². The van der Waals surface area contributed by atoms with Crippen LogP contribution in [0.5, 0.6) is 0 Å². The van der Waals surface area contributed by atoms with Gasteiger partial charge in [-0.25, -0.2) is 5.06 Å². The summed E-state index contributed by atoms with van der Waals surface area (Å²) >= 11 is 0. The number of hydroxylamine groups is 2. The van der Waals surface area contributed by atoms with E-state index in [0.29, 0.717) is 6.42 Å². The molecule has 0 atom stereocenters. The molecule has 6 nitrogen and oxygen atoms in total. The third-order valence-electron chi connectivity index (χ3n) is 3.49. The molecule has 0 heterocycles. The molecule has 6 heteroatoms. The van der Waals surface area contributed by atoms with Crippen LogP contribution in [0.25, 0.3) is 0 Å². The lowest BCUT2D eigenvalue weighted by Gasteiger charge is -2.19. The van der Waals surface area contributed by atoms with Gasteiger partial charge in [0.25, 0.3) is 0 Å². The van der Waals surface area contributed by atoms with Crippen LogP contribution in [0.4, 0.5) is 0 Å². The third-order valence-corrected chi connectivity index (χ3v) is 3.49. The Labute approximate surface area is 134 Å². The molecular weight excluding hydrogens is 284 g/mol. The summed E-state index contributed by atoms with van der Waals surface area (Å²) < 4.78 is 4.55. The minimum absolute atomic E-state index is 0.0704. The molecule has 0 spiro atoms. The van der Waals surface area contributed by atoms with Gasteiger partial charge in [-0.05, 0) is 33.5 Å². The van der Waals surface area contributed by atoms with Crippen molar-refractivity contribution >= 4 is 11.9 Å². The molecule has 0 aromatic carbocycles. The van der Waals surface area contributed by atoms with Gasteiger partial charge in [-0.2, -0.15) is 0 Å². The summed E-state index contributed by atoms with van der Waals surface area (Å²) in [6.07, 6.45) is 7.40. The number of rotatable bonds is 13. The average Bonchev–Trinajstić information content (AvgIpc) is 2.49. The lowest BCUT2D eigenvalue weighted by Crippen LogP contribution is -2.32. The number of carbonyl (C=O) groups excluding carboxylic acids is 2. The van der Waals surface area contributed by atoms with Crippen molar-refractivity contribution in [3.8, 4) is 0 Å². The lowest BCUT2D eigenvalue weighted by atomic mass is 10.1. The van der Waals surface area contributed by atoms with E-state index in [1.165, 1.54) is 38.5 Å². The van der Waals surface area contributed by atoms with Crippen molar-refractivity contribution in [2.24, 2.45) is 0 Å². The quantitative estimate of drug-likeness (QED) is 0.296. The number of nitrogens with zero attached hydrogens (tertiary/aromatic N) is 2. The molecule has 1 amide bonds. The first-order chi connectivity index (χ1) is 10.5. The molecule has 0 aromatic rings. The van der Waals surface area contributed by atoms with Crippen molar-refractivity contribution in [2.45, 2.75) is 51.4 Å². The molecule has 0 aliphatic carbocycles. The zero-order chi connectivity index (χ0) is 16.8. The van der Waals surface area contributed by atoms with Gasteiger partial charge in [0.15, 0.2) is 0 Å². The van der Waals surface area contributed by atoms with Gasteiger partial charge in [0.1, 0.15) is 0 Å². The molecular formula is C16H32N2O4. The van der Waals surface area contributed by atoms with Crippen molar-refractivity contribution in [1.29, 1.82) is 0 Å². The molecule has 0 rings (SSSR count). The summed E-state index contributed by atoms with van der Waals surface area (Å²) in [6.45, 7) is 1.38. The molecule has 0 saturated carbocycles. The van der Waals surface area contributed by atoms with E-state index in [0.717, 1.165) is 25.8 Å². The normalized spacial score (nSPS) is 10.8. The van der Waals surface area contributed by atoms with Crippen molar-refractivity contribution in [2.75, 3.05) is 41.4 Å². The Morgan fingerprint density at radius 3 is 1.95 bits per heavy atom. The summed E-state index contributed by atoms with van der Waals surface area (Å²) in [5.41, 5.74) is 0. The highest BCUT2D eigenvalue weighted by Gasteiger charge is 2.14. The third kappa shape index (κ3) is 11.5. The standard InChI is InChI=1S/C16H32N2O4/c1-17(2)13-10-8-6-5-7-9-11-15(19)18(22-4)14-12-16(20)21-3/h5-14H2,1-4H3. The first kappa shape index (κ1) is 20.9. The molecule has 0 N–H and O–H groups in total. The Hall–Kier alpha value is -1.14. The van der Waals surface area contributed by atoms with Crippen LogP contribution in [0.1, 0.15) is 51.4 Å². The molecule has 22 heavy (non-hydrogen) atoms. The second kappa shape index (κ2) is 13.5. The van der Waals surface area contributed by atoms with E-state index in [1.807, 2.05) is 0 Å². The molecule has 0 aliphatic heterocycles. The number of methoxy groups -OCH3 is 1. The van der Waals surface area contributed by atoms with Crippen LogP contribution < -0.4 is 0 Å². The van der Waals surface area contributed by atoms with E-state index >= 15 is 0 Å². The Balaban J connectivity index is 3.63. The number of carbonyl (C=O) groups is 2. The Morgan fingerprint density at radius 2 is 1.41 bits per heavy atom. The van der Waals surface area contributed by atoms with E-state index in [-0.39, 0.29) is 24.8 Å². The van der Waals surface area contributed by atoms with E-state index in [1.54, 1.807) is 0 Å². The minimum atomic E-state index is -0.340. The molecule has 0 unspecified atom stereocenters. The average molecular weight is 316 g/mol. The summed E-state index contributed by atoms with van der Waals surface area (Å²) in [6, 6.07) is 0. The maximum absolute atomic E-state index is 11.9. The number of esters is 1. The number of hydrogen-bond donors (Lipinski definition) is 0. The SMILES string of the molecule is COC(=O)CCN(OC)C(=O)CCCCCCCCN(C)C. The summed E-state index contributed by atoms with van der Waals surface area (Å²) in [4.78, 5) is 30.2. The highest BCUT2D eigenvalue weighted by Crippen LogP contribution is 2.09. The zero-order valence-corrected chi connectivity index (χ0v) is 14.6. The Morgan fingerprint density at radius 1 is 0.818 bits per heavy atom. The Kier molecular flexibility index (Phi) is 12.8. The van der Waals surface area contributed by atoms with E-state index in [2.05, 4.69) is 23.7 Å². The van der Waals surface area contributed by atoms with Gasteiger partial charge in [0, 0.05) is 6.42 Å². The van der Waals surface area contributed by atoms with Crippen LogP contribution in [-0.2, 0) is 19.2 Å². The number of ether oxygens (including phenoxy) is 1. The molecule has 0 fully saturated rings. The fourth-order valence-corrected chi connectivity index (χ4v) is 2.15. The Bertz CT molecular complexity index is 309. The first-order valence-electron chi connectivity index (χ1n) is 8.07. The number of hydrogen-bond acceptors (Lipinski definition) is 5. The van der Waals surface area contributed by atoms with Crippen molar-refractivity contribution in [3.63, 3.8) is 0 Å². The van der Waals surface area contributed by atoms with Crippen LogP contribution in [-0.4, -0.2) is 63.2 Å². The zero-order valence-electron chi connectivity index (χ0n) is 14.6. The van der Waals surface area contributed by atoms with Gasteiger partial charge >= 0.3 is 5.97 Å². The number of unbranched alkanes of at least 4 members (excludes halogenated alkanes) is 5. The van der Waals surface area contributed by atoms with Crippen molar-refractivity contribution < 1.29 is 19.2 Å². The predicted molar refractivity (Wildman–Crippen MR) is 86.2 cm³/mol. The second-order valence-corrected chi connectivity index (χ2v) is 5.68. The van der Waals surface area contributed by atoms with Gasteiger partial charge in [0.2, 0.25) is 5.91 Å². The van der Waals surface area contributed by atoms with Crippen LogP contribution in [0.3, 0.4) is 0 Å². The second-order valence-electron chi connectivity index (χ2n) is 5.68. The van der Waals surface area contributed by atoms with Gasteiger partial charge in [-0.1, -0.05) is 25.7 Å². The predicted octanol–water partition coefficient (Wildman–Crippen LogP) is 2.23. The maximum Gasteiger partial charge on any atom is 0.307 e. The largest absolute Gasteiger partial charge is 0.469 e. The monoisotopic (exact) mass is 316 g/mol. The summed E-state index contributed by atoms with van der Waals surface area (Å²) in [5, 5.41) is 1.24. The fourth-order valence-electron chi connectivity index (χ4n) is 2.15. The molecule has 0 radical (unpaired) electrons. The first-order valence-corrected chi connectivity index (χ1v) is 8.07. The van der Waals surface area contributed by atoms with E-state index in [4.69, 9.17) is 4.84 Å². The van der Waals surface area contributed by atoms with Crippen LogP contribution in [0.2, 0.25) is 0 Å². The smallest absolute Gasteiger partial charge is 0.307 e. The van der Waals surface area contributed by atoms with Crippen LogP contribution in [0.15, 0.2) is 0 Å².